The number of carbonyl (C=O) groups is 1. The lowest BCUT2D eigenvalue weighted by Crippen LogP contribution is -2.22. The third-order valence-electron chi connectivity index (χ3n) is 2.38. The number of carbonyl (C=O) groups excluding carboxylic acids is 1. The van der Waals surface area contributed by atoms with Crippen LogP contribution in [0.4, 0.5) is 0 Å². The van der Waals surface area contributed by atoms with Gasteiger partial charge in [0.05, 0.1) is 0 Å². The predicted molar refractivity (Wildman–Crippen MR) is 59.4 cm³/mol. The van der Waals surface area contributed by atoms with Crippen molar-refractivity contribution in [2.45, 2.75) is 20.4 Å². The van der Waals surface area contributed by atoms with Crippen molar-refractivity contribution in [3.05, 3.63) is 29.6 Å². The monoisotopic (exact) mass is 207 g/mol. The third-order valence-corrected chi connectivity index (χ3v) is 2.38. The quantitative estimate of drug-likeness (QED) is 0.784. The van der Waals surface area contributed by atoms with Crippen LogP contribution in [0.2, 0.25) is 0 Å². The first kappa shape index (κ1) is 11.7. The second-order valence-electron chi connectivity index (χ2n) is 3.38. The highest BCUT2D eigenvalue weighted by atomic mass is 16.1. The number of aromatic nitrogens is 1. The van der Waals surface area contributed by atoms with Gasteiger partial charge in [-0.2, -0.15) is 0 Å². The minimum Gasteiger partial charge on any atom is -0.364 e. The fourth-order valence-corrected chi connectivity index (χ4v) is 1.37. The van der Waals surface area contributed by atoms with Crippen molar-refractivity contribution in [1.82, 2.24) is 9.88 Å². The minimum absolute atomic E-state index is 0.318. The first-order chi connectivity index (χ1) is 7.17. The van der Waals surface area contributed by atoms with Gasteiger partial charge in [-0.15, -0.1) is 0 Å². The third kappa shape index (κ3) is 3.32. The molecule has 1 amide bonds. The van der Waals surface area contributed by atoms with E-state index in [2.05, 4.69) is 23.7 Å². The molecule has 4 heteroatoms. The van der Waals surface area contributed by atoms with Crippen molar-refractivity contribution in [2.24, 2.45) is 5.73 Å². The standard InChI is InChI=1S/C11H17N3O/c1-3-14(4-2)8-9-5-6-10(11(12)15)13-7-9/h5-7H,3-4,8H2,1-2H3,(H2,12,15). The van der Waals surface area contributed by atoms with Crippen LogP contribution in [0.3, 0.4) is 0 Å². The van der Waals surface area contributed by atoms with E-state index < -0.39 is 5.91 Å². The van der Waals surface area contributed by atoms with Gasteiger partial charge in [0.1, 0.15) is 5.69 Å². The Morgan fingerprint density at radius 2 is 2.07 bits per heavy atom. The van der Waals surface area contributed by atoms with Crippen molar-refractivity contribution >= 4 is 5.91 Å². The smallest absolute Gasteiger partial charge is 0.267 e. The fraction of sp³-hybridized carbons (Fsp3) is 0.455. The second kappa shape index (κ2) is 5.46. The number of rotatable bonds is 5. The number of hydrogen-bond acceptors (Lipinski definition) is 3. The molecule has 1 rings (SSSR count). The molecule has 1 aromatic heterocycles. The van der Waals surface area contributed by atoms with Crippen LogP contribution in [0.15, 0.2) is 18.3 Å². The van der Waals surface area contributed by atoms with E-state index in [0.717, 1.165) is 25.2 Å². The Balaban J connectivity index is 2.67. The minimum atomic E-state index is -0.482. The van der Waals surface area contributed by atoms with Gasteiger partial charge in [-0.05, 0) is 24.7 Å². The van der Waals surface area contributed by atoms with E-state index in [9.17, 15) is 4.79 Å². The first-order valence-electron chi connectivity index (χ1n) is 5.14. The lowest BCUT2D eigenvalue weighted by molar-refractivity contribution is 0.0995. The van der Waals surface area contributed by atoms with Crippen LogP contribution in [-0.2, 0) is 6.54 Å². The summed E-state index contributed by atoms with van der Waals surface area (Å²) >= 11 is 0. The molecule has 0 saturated heterocycles. The summed E-state index contributed by atoms with van der Waals surface area (Å²) in [4.78, 5) is 17.1. The van der Waals surface area contributed by atoms with Gasteiger partial charge in [-0.25, -0.2) is 0 Å². The summed E-state index contributed by atoms with van der Waals surface area (Å²) in [7, 11) is 0. The molecule has 0 aliphatic heterocycles. The molecule has 1 heterocycles. The molecule has 0 atom stereocenters. The lowest BCUT2D eigenvalue weighted by atomic mass is 10.2. The van der Waals surface area contributed by atoms with Crippen molar-refractivity contribution in [3.8, 4) is 0 Å². The van der Waals surface area contributed by atoms with E-state index in [1.807, 2.05) is 6.07 Å². The summed E-state index contributed by atoms with van der Waals surface area (Å²) in [6.45, 7) is 7.12. The number of nitrogens with zero attached hydrogens (tertiary/aromatic N) is 2. The van der Waals surface area contributed by atoms with Crippen LogP contribution < -0.4 is 5.73 Å². The number of primary amides is 1. The van der Waals surface area contributed by atoms with Gasteiger partial charge < -0.3 is 5.73 Å². The Kier molecular flexibility index (Phi) is 4.24. The normalized spacial score (nSPS) is 10.6. The maximum absolute atomic E-state index is 10.8. The van der Waals surface area contributed by atoms with Crippen LogP contribution in [-0.4, -0.2) is 28.9 Å². The van der Waals surface area contributed by atoms with Crippen LogP contribution in [0.1, 0.15) is 29.9 Å². The van der Waals surface area contributed by atoms with Crippen LogP contribution in [0.5, 0.6) is 0 Å². The average Bonchev–Trinajstić information content (AvgIpc) is 2.26. The van der Waals surface area contributed by atoms with Crippen molar-refractivity contribution in [3.63, 3.8) is 0 Å². The van der Waals surface area contributed by atoms with E-state index in [0.29, 0.717) is 5.69 Å². The molecule has 0 aliphatic rings. The zero-order valence-electron chi connectivity index (χ0n) is 9.23. The molecule has 0 fully saturated rings. The number of pyridine rings is 1. The topological polar surface area (TPSA) is 59.2 Å². The summed E-state index contributed by atoms with van der Waals surface area (Å²) < 4.78 is 0. The molecule has 0 aromatic carbocycles. The fourth-order valence-electron chi connectivity index (χ4n) is 1.37. The Bertz CT molecular complexity index is 317. The van der Waals surface area contributed by atoms with Gasteiger partial charge in [-0.1, -0.05) is 19.9 Å². The number of hydrogen-bond donors (Lipinski definition) is 1. The van der Waals surface area contributed by atoms with Crippen LogP contribution in [0.25, 0.3) is 0 Å². The summed E-state index contributed by atoms with van der Waals surface area (Å²) in [6, 6.07) is 3.56. The second-order valence-corrected chi connectivity index (χ2v) is 3.38. The van der Waals surface area contributed by atoms with E-state index in [1.54, 1.807) is 12.3 Å². The summed E-state index contributed by atoms with van der Waals surface area (Å²) in [6.07, 6.45) is 1.71. The highest BCUT2D eigenvalue weighted by Crippen LogP contribution is 2.04. The Hall–Kier alpha value is -1.42. The maximum Gasteiger partial charge on any atom is 0.267 e. The average molecular weight is 207 g/mol. The maximum atomic E-state index is 10.8. The van der Waals surface area contributed by atoms with E-state index in [-0.39, 0.29) is 0 Å². The van der Waals surface area contributed by atoms with E-state index in [1.165, 1.54) is 0 Å². The molecule has 0 saturated carbocycles. The van der Waals surface area contributed by atoms with E-state index in [4.69, 9.17) is 5.73 Å². The van der Waals surface area contributed by atoms with Crippen molar-refractivity contribution in [1.29, 1.82) is 0 Å². The predicted octanol–water partition coefficient (Wildman–Crippen LogP) is 1.02. The molecule has 2 N–H and O–H groups in total. The van der Waals surface area contributed by atoms with Crippen LogP contribution in [0, 0.1) is 0 Å². The Morgan fingerprint density at radius 1 is 1.40 bits per heavy atom. The molecule has 0 radical (unpaired) electrons. The highest BCUT2D eigenvalue weighted by Gasteiger charge is 2.04. The molecule has 82 valence electrons. The molecule has 0 spiro atoms. The summed E-state index contributed by atoms with van der Waals surface area (Å²) in [5.41, 5.74) is 6.52. The Morgan fingerprint density at radius 3 is 2.47 bits per heavy atom. The molecular weight excluding hydrogens is 190 g/mol. The number of nitrogens with two attached hydrogens (primary N) is 1. The number of amides is 1. The molecule has 15 heavy (non-hydrogen) atoms. The SMILES string of the molecule is CCN(CC)Cc1ccc(C(N)=O)nc1. The van der Waals surface area contributed by atoms with Gasteiger partial charge in [0.2, 0.25) is 0 Å². The summed E-state index contributed by atoms with van der Waals surface area (Å²) in [5, 5.41) is 0. The van der Waals surface area contributed by atoms with Crippen molar-refractivity contribution in [2.75, 3.05) is 13.1 Å². The largest absolute Gasteiger partial charge is 0.364 e. The molecule has 0 unspecified atom stereocenters. The van der Waals surface area contributed by atoms with Gasteiger partial charge in [0.25, 0.3) is 5.91 Å². The molecule has 0 bridgehead atoms. The molecule has 4 nitrogen and oxygen atoms in total. The van der Waals surface area contributed by atoms with Crippen LogP contribution >= 0.6 is 0 Å². The van der Waals surface area contributed by atoms with Gasteiger partial charge in [0, 0.05) is 12.7 Å². The van der Waals surface area contributed by atoms with Gasteiger partial charge in [0.15, 0.2) is 0 Å². The van der Waals surface area contributed by atoms with Gasteiger partial charge >= 0.3 is 0 Å². The first-order valence-corrected chi connectivity index (χ1v) is 5.14. The van der Waals surface area contributed by atoms with Gasteiger partial charge in [-0.3, -0.25) is 14.7 Å². The molecular formula is C11H17N3O. The Labute approximate surface area is 90.1 Å². The van der Waals surface area contributed by atoms with Crippen molar-refractivity contribution < 1.29 is 4.79 Å². The highest BCUT2D eigenvalue weighted by molar-refractivity contribution is 5.90. The zero-order chi connectivity index (χ0) is 11.3. The zero-order valence-corrected chi connectivity index (χ0v) is 9.23. The molecule has 0 aliphatic carbocycles. The lowest BCUT2D eigenvalue weighted by Gasteiger charge is -2.17. The summed E-state index contributed by atoms with van der Waals surface area (Å²) in [5.74, 6) is -0.482. The van der Waals surface area contributed by atoms with E-state index >= 15 is 0 Å². The molecule has 1 aromatic rings.